The standard InChI is InChI=1S/C14H26N4O2/c1-17(2)6-7-18-14(13(19-3)10-16-18)12(15)9-11-5-4-8-20-11/h10-12H,4-9,15H2,1-3H3. The molecule has 2 unspecified atom stereocenters. The first-order valence-electron chi connectivity index (χ1n) is 7.23. The number of nitrogens with zero attached hydrogens (tertiary/aromatic N) is 3. The first kappa shape index (κ1) is 15.3. The summed E-state index contributed by atoms with van der Waals surface area (Å²) < 4.78 is 13.0. The van der Waals surface area contributed by atoms with Crippen molar-refractivity contribution in [1.29, 1.82) is 0 Å². The van der Waals surface area contributed by atoms with Crippen LogP contribution >= 0.6 is 0 Å². The van der Waals surface area contributed by atoms with Gasteiger partial charge in [0, 0.05) is 13.2 Å². The highest BCUT2D eigenvalue weighted by molar-refractivity contribution is 5.28. The smallest absolute Gasteiger partial charge is 0.161 e. The maximum absolute atomic E-state index is 6.37. The molecular formula is C14H26N4O2. The lowest BCUT2D eigenvalue weighted by molar-refractivity contribution is 0.0972. The number of rotatable bonds is 7. The molecule has 2 rings (SSSR count). The summed E-state index contributed by atoms with van der Waals surface area (Å²) in [4.78, 5) is 2.13. The van der Waals surface area contributed by atoms with Crippen molar-refractivity contribution in [2.45, 2.75) is 38.0 Å². The fourth-order valence-corrected chi connectivity index (χ4v) is 2.61. The Bertz CT molecular complexity index is 413. The van der Waals surface area contributed by atoms with Crippen molar-refractivity contribution in [3.05, 3.63) is 11.9 Å². The van der Waals surface area contributed by atoms with Crippen LogP contribution in [-0.4, -0.2) is 55.1 Å². The zero-order valence-electron chi connectivity index (χ0n) is 12.7. The molecule has 6 heteroatoms. The Balaban J connectivity index is 2.07. The zero-order chi connectivity index (χ0) is 14.5. The summed E-state index contributed by atoms with van der Waals surface area (Å²) in [6, 6.07) is -0.0993. The zero-order valence-corrected chi connectivity index (χ0v) is 12.7. The molecule has 1 fully saturated rings. The van der Waals surface area contributed by atoms with Crippen LogP contribution < -0.4 is 10.5 Å². The molecule has 1 aliphatic heterocycles. The SMILES string of the molecule is COc1cnn(CCN(C)C)c1C(N)CC1CCCO1. The Morgan fingerprint density at radius 3 is 3.00 bits per heavy atom. The number of nitrogens with two attached hydrogens (primary N) is 1. The van der Waals surface area contributed by atoms with E-state index in [1.54, 1.807) is 13.3 Å². The van der Waals surface area contributed by atoms with Crippen LogP contribution in [0.15, 0.2) is 6.20 Å². The van der Waals surface area contributed by atoms with Gasteiger partial charge in [0.15, 0.2) is 5.75 Å². The Labute approximate surface area is 120 Å². The number of hydrogen-bond donors (Lipinski definition) is 1. The van der Waals surface area contributed by atoms with Gasteiger partial charge >= 0.3 is 0 Å². The van der Waals surface area contributed by atoms with Gasteiger partial charge in [0.25, 0.3) is 0 Å². The number of likely N-dealkylation sites (N-methyl/N-ethyl adjacent to an activating group) is 1. The van der Waals surface area contributed by atoms with Crippen molar-refractivity contribution in [2.75, 3.05) is 34.4 Å². The molecule has 0 saturated carbocycles. The van der Waals surface area contributed by atoms with E-state index >= 15 is 0 Å². The molecule has 0 aliphatic carbocycles. The van der Waals surface area contributed by atoms with Crippen LogP contribution in [0.3, 0.4) is 0 Å². The van der Waals surface area contributed by atoms with Gasteiger partial charge in [-0.2, -0.15) is 5.10 Å². The van der Waals surface area contributed by atoms with E-state index in [0.29, 0.717) is 0 Å². The summed E-state index contributed by atoms with van der Waals surface area (Å²) in [7, 11) is 5.76. The largest absolute Gasteiger partial charge is 0.493 e. The fraction of sp³-hybridized carbons (Fsp3) is 0.786. The maximum atomic E-state index is 6.37. The third kappa shape index (κ3) is 3.71. The molecule has 114 valence electrons. The summed E-state index contributed by atoms with van der Waals surface area (Å²) in [5.74, 6) is 0.772. The Morgan fingerprint density at radius 1 is 1.60 bits per heavy atom. The van der Waals surface area contributed by atoms with E-state index in [4.69, 9.17) is 15.2 Å². The molecule has 0 bridgehead atoms. The van der Waals surface area contributed by atoms with Crippen LogP contribution in [0.1, 0.15) is 31.0 Å². The molecule has 1 aliphatic rings. The summed E-state index contributed by atoms with van der Waals surface area (Å²) in [6.45, 7) is 2.59. The van der Waals surface area contributed by atoms with Gasteiger partial charge in [-0.25, -0.2) is 0 Å². The van der Waals surface area contributed by atoms with E-state index in [2.05, 4.69) is 10.00 Å². The highest BCUT2D eigenvalue weighted by atomic mass is 16.5. The van der Waals surface area contributed by atoms with E-state index in [1.165, 1.54) is 0 Å². The van der Waals surface area contributed by atoms with E-state index in [-0.39, 0.29) is 12.1 Å². The first-order valence-corrected chi connectivity index (χ1v) is 7.23. The lowest BCUT2D eigenvalue weighted by atomic mass is 10.0. The van der Waals surface area contributed by atoms with Crippen molar-refractivity contribution in [2.24, 2.45) is 5.73 Å². The quantitative estimate of drug-likeness (QED) is 0.809. The van der Waals surface area contributed by atoms with Crippen molar-refractivity contribution in [3.63, 3.8) is 0 Å². The van der Waals surface area contributed by atoms with E-state index < -0.39 is 0 Å². The minimum atomic E-state index is -0.0993. The second-order valence-electron chi connectivity index (χ2n) is 5.60. The predicted octanol–water partition coefficient (Wildman–Crippen LogP) is 1.02. The summed E-state index contributed by atoms with van der Waals surface area (Å²) in [6.07, 6.45) is 5.08. The van der Waals surface area contributed by atoms with Crippen LogP contribution in [0.4, 0.5) is 0 Å². The summed E-state index contributed by atoms with van der Waals surface area (Å²) in [5.41, 5.74) is 7.35. The topological polar surface area (TPSA) is 65.5 Å². The molecule has 1 saturated heterocycles. The molecule has 6 nitrogen and oxygen atoms in total. The molecule has 0 radical (unpaired) electrons. The van der Waals surface area contributed by atoms with Gasteiger partial charge in [0.05, 0.1) is 37.7 Å². The normalized spacial score (nSPS) is 20.6. The first-order chi connectivity index (χ1) is 9.61. The Hall–Kier alpha value is -1.11. The molecule has 1 aromatic rings. The van der Waals surface area contributed by atoms with Gasteiger partial charge < -0.3 is 20.1 Å². The van der Waals surface area contributed by atoms with E-state index in [9.17, 15) is 0 Å². The molecule has 0 aromatic carbocycles. The van der Waals surface area contributed by atoms with Gasteiger partial charge in [0.2, 0.25) is 0 Å². The van der Waals surface area contributed by atoms with Crippen molar-refractivity contribution in [1.82, 2.24) is 14.7 Å². The third-order valence-corrected chi connectivity index (χ3v) is 3.72. The van der Waals surface area contributed by atoms with Crippen molar-refractivity contribution >= 4 is 0 Å². The van der Waals surface area contributed by atoms with Gasteiger partial charge in [-0.15, -0.1) is 0 Å². The highest BCUT2D eigenvalue weighted by Crippen LogP contribution is 2.29. The molecule has 0 amide bonds. The molecule has 1 aromatic heterocycles. The molecule has 2 atom stereocenters. The van der Waals surface area contributed by atoms with E-state index in [1.807, 2.05) is 18.8 Å². The van der Waals surface area contributed by atoms with E-state index in [0.717, 1.165) is 50.4 Å². The van der Waals surface area contributed by atoms with Crippen LogP contribution in [-0.2, 0) is 11.3 Å². The van der Waals surface area contributed by atoms with Crippen LogP contribution in [0.25, 0.3) is 0 Å². The number of aromatic nitrogens is 2. The van der Waals surface area contributed by atoms with Gasteiger partial charge in [0.1, 0.15) is 0 Å². The summed E-state index contributed by atoms with van der Waals surface area (Å²) >= 11 is 0. The van der Waals surface area contributed by atoms with Gasteiger partial charge in [-0.1, -0.05) is 0 Å². The second-order valence-corrected chi connectivity index (χ2v) is 5.60. The number of ether oxygens (including phenoxy) is 2. The lowest BCUT2D eigenvalue weighted by Gasteiger charge is -2.19. The molecule has 2 heterocycles. The van der Waals surface area contributed by atoms with Gasteiger partial charge in [-0.3, -0.25) is 4.68 Å². The fourth-order valence-electron chi connectivity index (χ4n) is 2.61. The molecular weight excluding hydrogens is 256 g/mol. The minimum Gasteiger partial charge on any atom is -0.493 e. The second kappa shape index (κ2) is 7.06. The highest BCUT2D eigenvalue weighted by Gasteiger charge is 2.24. The third-order valence-electron chi connectivity index (χ3n) is 3.72. The monoisotopic (exact) mass is 282 g/mol. The summed E-state index contributed by atoms with van der Waals surface area (Å²) in [5, 5.41) is 4.40. The van der Waals surface area contributed by atoms with Crippen molar-refractivity contribution < 1.29 is 9.47 Å². The average Bonchev–Trinajstić information content (AvgIpc) is 3.04. The predicted molar refractivity (Wildman–Crippen MR) is 77.9 cm³/mol. The Morgan fingerprint density at radius 2 is 2.40 bits per heavy atom. The maximum Gasteiger partial charge on any atom is 0.161 e. The van der Waals surface area contributed by atoms with Gasteiger partial charge in [-0.05, 0) is 33.4 Å². The molecule has 0 spiro atoms. The Kier molecular flexibility index (Phi) is 5.39. The minimum absolute atomic E-state index is 0.0993. The number of hydrogen-bond acceptors (Lipinski definition) is 5. The molecule has 20 heavy (non-hydrogen) atoms. The number of methoxy groups -OCH3 is 1. The van der Waals surface area contributed by atoms with Crippen LogP contribution in [0.2, 0.25) is 0 Å². The average molecular weight is 282 g/mol. The lowest BCUT2D eigenvalue weighted by Crippen LogP contribution is -2.25. The molecule has 2 N–H and O–H groups in total. The van der Waals surface area contributed by atoms with Crippen LogP contribution in [0, 0.1) is 0 Å². The van der Waals surface area contributed by atoms with Crippen LogP contribution in [0.5, 0.6) is 5.75 Å². The van der Waals surface area contributed by atoms with Crippen molar-refractivity contribution in [3.8, 4) is 5.75 Å².